The second-order valence-electron chi connectivity index (χ2n) is 4.96. The Morgan fingerprint density at radius 2 is 1.86 bits per heavy atom. The normalized spacial score (nSPS) is 10.8. The van der Waals surface area contributed by atoms with E-state index in [4.69, 9.17) is 4.52 Å². The van der Waals surface area contributed by atoms with E-state index in [2.05, 4.69) is 10.1 Å². The van der Waals surface area contributed by atoms with Gasteiger partial charge in [0.05, 0.1) is 5.56 Å². The smallest absolute Gasteiger partial charge is 0.262 e. The number of aryl methyl sites for hydroxylation is 2. The molecule has 0 aliphatic carbocycles. The summed E-state index contributed by atoms with van der Waals surface area (Å²) in [5.74, 6) is 0.197. The van der Waals surface area contributed by atoms with E-state index in [9.17, 15) is 9.50 Å². The largest absolute Gasteiger partial charge is 0.507 e. The molecule has 0 fully saturated rings. The Morgan fingerprint density at radius 3 is 2.62 bits per heavy atom. The standard InChI is InChI=1S/C16H13FN2O2/c1-9-3-4-14(20)13(7-9)16-18-15(19-21-16)11-5-10(2)6-12(17)8-11/h3-8,20H,1-2H3. The van der Waals surface area contributed by atoms with Crippen molar-refractivity contribution in [1.82, 2.24) is 10.1 Å². The first kappa shape index (κ1) is 13.3. The molecule has 0 aliphatic heterocycles. The number of aromatic hydroxyl groups is 1. The summed E-state index contributed by atoms with van der Waals surface area (Å²) in [6.07, 6.45) is 0. The van der Waals surface area contributed by atoms with Crippen molar-refractivity contribution in [3.8, 4) is 28.6 Å². The van der Waals surface area contributed by atoms with E-state index >= 15 is 0 Å². The first-order valence-electron chi connectivity index (χ1n) is 6.44. The van der Waals surface area contributed by atoms with Crippen LogP contribution in [0.5, 0.6) is 5.75 Å². The molecule has 5 heteroatoms. The Balaban J connectivity index is 2.05. The van der Waals surface area contributed by atoms with Crippen LogP contribution in [0.4, 0.5) is 4.39 Å². The number of benzene rings is 2. The van der Waals surface area contributed by atoms with Gasteiger partial charge in [-0.05, 0) is 49.7 Å². The van der Waals surface area contributed by atoms with Crippen LogP contribution >= 0.6 is 0 Å². The molecule has 1 heterocycles. The van der Waals surface area contributed by atoms with Crippen molar-refractivity contribution >= 4 is 0 Å². The molecule has 3 aromatic rings. The topological polar surface area (TPSA) is 59.2 Å². The molecule has 0 spiro atoms. The second-order valence-corrected chi connectivity index (χ2v) is 4.96. The number of rotatable bonds is 2. The van der Waals surface area contributed by atoms with Gasteiger partial charge in [-0.1, -0.05) is 16.8 Å². The Hall–Kier alpha value is -2.69. The molecule has 2 aromatic carbocycles. The van der Waals surface area contributed by atoms with Crippen LogP contribution in [0.2, 0.25) is 0 Å². The minimum atomic E-state index is -0.352. The highest BCUT2D eigenvalue weighted by molar-refractivity contribution is 5.65. The Bertz CT molecular complexity index is 792. The fourth-order valence-electron chi connectivity index (χ4n) is 2.14. The molecule has 1 N–H and O–H groups in total. The van der Waals surface area contributed by atoms with E-state index in [1.807, 2.05) is 6.92 Å². The van der Waals surface area contributed by atoms with E-state index in [1.54, 1.807) is 31.2 Å². The molecule has 106 valence electrons. The molecule has 4 nitrogen and oxygen atoms in total. The second kappa shape index (κ2) is 5.01. The van der Waals surface area contributed by atoms with Crippen LogP contribution < -0.4 is 0 Å². The maximum absolute atomic E-state index is 13.4. The van der Waals surface area contributed by atoms with Crippen LogP contribution in [0.25, 0.3) is 22.8 Å². The van der Waals surface area contributed by atoms with E-state index in [0.717, 1.165) is 11.1 Å². The highest BCUT2D eigenvalue weighted by Gasteiger charge is 2.14. The molecule has 0 aliphatic rings. The number of phenolic OH excluding ortho intramolecular Hbond substituents is 1. The van der Waals surface area contributed by atoms with Crippen LogP contribution in [-0.2, 0) is 0 Å². The van der Waals surface area contributed by atoms with Crippen molar-refractivity contribution in [2.45, 2.75) is 13.8 Å². The van der Waals surface area contributed by atoms with Crippen LogP contribution in [0.3, 0.4) is 0 Å². The summed E-state index contributed by atoms with van der Waals surface area (Å²) >= 11 is 0. The van der Waals surface area contributed by atoms with Gasteiger partial charge in [0, 0.05) is 5.56 Å². The van der Waals surface area contributed by atoms with Gasteiger partial charge in [0.25, 0.3) is 5.89 Å². The Morgan fingerprint density at radius 1 is 1.05 bits per heavy atom. The van der Waals surface area contributed by atoms with Gasteiger partial charge in [-0.2, -0.15) is 4.98 Å². The third-order valence-electron chi connectivity index (χ3n) is 3.11. The highest BCUT2D eigenvalue weighted by Crippen LogP contribution is 2.30. The molecular formula is C16H13FN2O2. The number of hydrogen-bond acceptors (Lipinski definition) is 4. The minimum Gasteiger partial charge on any atom is -0.507 e. The van der Waals surface area contributed by atoms with Crippen molar-refractivity contribution < 1.29 is 14.0 Å². The number of aromatic nitrogens is 2. The first-order valence-corrected chi connectivity index (χ1v) is 6.44. The monoisotopic (exact) mass is 284 g/mol. The van der Waals surface area contributed by atoms with Crippen molar-refractivity contribution in [2.24, 2.45) is 0 Å². The lowest BCUT2D eigenvalue weighted by molar-refractivity contribution is 0.425. The quantitative estimate of drug-likeness (QED) is 0.776. The summed E-state index contributed by atoms with van der Waals surface area (Å²) in [5.41, 5.74) is 2.73. The first-order chi connectivity index (χ1) is 10.0. The summed E-state index contributed by atoms with van der Waals surface area (Å²) in [6, 6.07) is 9.65. The molecule has 0 amide bonds. The summed E-state index contributed by atoms with van der Waals surface area (Å²) in [6.45, 7) is 3.69. The lowest BCUT2D eigenvalue weighted by Gasteiger charge is -2.00. The molecular weight excluding hydrogens is 271 g/mol. The fourth-order valence-corrected chi connectivity index (χ4v) is 2.14. The average Bonchev–Trinajstić information content (AvgIpc) is 2.90. The molecule has 0 saturated carbocycles. The van der Waals surface area contributed by atoms with Crippen molar-refractivity contribution in [2.75, 3.05) is 0 Å². The molecule has 0 saturated heterocycles. The third-order valence-corrected chi connectivity index (χ3v) is 3.11. The summed E-state index contributed by atoms with van der Waals surface area (Å²) < 4.78 is 18.6. The molecule has 3 rings (SSSR count). The lowest BCUT2D eigenvalue weighted by Crippen LogP contribution is -1.86. The van der Waals surface area contributed by atoms with Crippen LogP contribution in [0.1, 0.15) is 11.1 Å². The molecule has 0 unspecified atom stereocenters. The molecule has 21 heavy (non-hydrogen) atoms. The molecule has 0 atom stereocenters. The van der Waals surface area contributed by atoms with Crippen molar-refractivity contribution in [3.63, 3.8) is 0 Å². The lowest BCUT2D eigenvalue weighted by atomic mass is 10.1. The van der Waals surface area contributed by atoms with Gasteiger partial charge in [-0.3, -0.25) is 0 Å². The number of nitrogens with zero attached hydrogens (tertiary/aromatic N) is 2. The molecule has 0 bridgehead atoms. The average molecular weight is 284 g/mol. The highest BCUT2D eigenvalue weighted by atomic mass is 19.1. The zero-order chi connectivity index (χ0) is 15.0. The van der Waals surface area contributed by atoms with Crippen LogP contribution in [-0.4, -0.2) is 15.2 Å². The Kier molecular flexibility index (Phi) is 3.17. The van der Waals surface area contributed by atoms with E-state index in [0.29, 0.717) is 11.1 Å². The molecule has 1 aromatic heterocycles. The van der Waals surface area contributed by atoms with Gasteiger partial charge < -0.3 is 9.63 Å². The van der Waals surface area contributed by atoms with Gasteiger partial charge >= 0.3 is 0 Å². The van der Waals surface area contributed by atoms with Gasteiger partial charge in [0.1, 0.15) is 11.6 Å². The van der Waals surface area contributed by atoms with Crippen LogP contribution in [0.15, 0.2) is 40.9 Å². The predicted octanol–water partition coefficient (Wildman–Crippen LogP) is 3.87. The van der Waals surface area contributed by atoms with Gasteiger partial charge in [0.15, 0.2) is 0 Å². The summed E-state index contributed by atoms with van der Waals surface area (Å²) in [5, 5.41) is 13.7. The molecule has 0 radical (unpaired) electrons. The van der Waals surface area contributed by atoms with Crippen molar-refractivity contribution in [3.05, 3.63) is 53.3 Å². The van der Waals surface area contributed by atoms with Crippen molar-refractivity contribution in [1.29, 1.82) is 0 Å². The maximum atomic E-state index is 13.4. The zero-order valence-electron chi connectivity index (χ0n) is 11.6. The third kappa shape index (κ3) is 2.63. The minimum absolute atomic E-state index is 0.0613. The number of halogens is 1. The van der Waals surface area contributed by atoms with Gasteiger partial charge in [-0.15, -0.1) is 0 Å². The van der Waals surface area contributed by atoms with E-state index in [-0.39, 0.29) is 23.3 Å². The maximum Gasteiger partial charge on any atom is 0.262 e. The van der Waals surface area contributed by atoms with Gasteiger partial charge in [-0.25, -0.2) is 4.39 Å². The zero-order valence-corrected chi connectivity index (χ0v) is 11.6. The number of hydrogen-bond donors (Lipinski definition) is 1. The summed E-state index contributed by atoms with van der Waals surface area (Å²) in [7, 11) is 0. The van der Waals surface area contributed by atoms with E-state index in [1.165, 1.54) is 12.1 Å². The van der Waals surface area contributed by atoms with E-state index < -0.39 is 0 Å². The predicted molar refractivity (Wildman–Crippen MR) is 76.3 cm³/mol. The SMILES string of the molecule is Cc1cc(F)cc(-c2noc(-c3cc(C)ccc3O)n2)c1. The van der Waals surface area contributed by atoms with Crippen LogP contribution in [0, 0.1) is 19.7 Å². The summed E-state index contributed by atoms with van der Waals surface area (Å²) in [4.78, 5) is 4.23. The fraction of sp³-hybridized carbons (Fsp3) is 0.125. The number of phenols is 1. The van der Waals surface area contributed by atoms with Gasteiger partial charge in [0.2, 0.25) is 5.82 Å². The Labute approximate surface area is 120 Å².